The second-order valence-electron chi connectivity index (χ2n) is 8.38. The Hall–Kier alpha value is -0.810. The summed E-state index contributed by atoms with van der Waals surface area (Å²) >= 11 is 0. The first-order valence-electron chi connectivity index (χ1n) is 9.61. The Bertz CT molecular complexity index is 436. The zero-order valence-electron chi connectivity index (χ0n) is 14.3. The van der Waals surface area contributed by atoms with Crippen LogP contribution >= 0.6 is 0 Å². The summed E-state index contributed by atoms with van der Waals surface area (Å²) in [5, 5.41) is 9.14. The zero-order valence-corrected chi connectivity index (χ0v) is 14.3. The summed E-state index contributed by atoms with van der Waals surface area (Å²) in [6.45, 7) is 6.68. The van der Waals surface area contributed by atoms with Crippen molar-refractivity contribution in [2.75, 3.05) is 39.3 Å². The fourth-order valence-electron chi connectivity index (χ4n) is 5.53. The summed E-state index contributed by atoms with van der Waals surface area (Å²) in [5.74, 6) is 0. The number of hydrogen-bond acceptors (Lipinski definition) is 3. The summed E-state index contributed by atoms with van der Waals surface area (Å²) in [4.78, 5) is 18.2. The number of rotatable bonds is 2. The van der Waals surface area contributed by atoms with E-state index in [2.05, 4.69) is 9.80 Å². The lowest BCUT2D eigenvalue weighted by molar-refractivity contribution is -0.0170. The SMILES string of the molecule is O=C(O)N1CCC2(CC(N3CCC(N4CCCCC4)CC3)C2)C1. The average molecular weight is 321 g/mol. The molecule has 4 aliphatic rings. The Labute approximate surface area is 139 Å². The molecule has 130 valence electrons. The van der Waals surface area contributed by atoms with Crippen molar-refractivity contribution in [2.24, 2.45) is 5.41 Å². The van der Waals surface area contributed by atoms with Crippen molar-refractivity contribution in [1.82, 2.24) is 14.7 Å². The molecule has 0 aromatic carbocycles. The van der Waals surface area contributed by atoms with Gasteiger partial charge in [0.2, 0.25) is 0 Å². The van der Waals surface area contributed by atoms with Crippen LogP contribution in [0, 0.1) is 5.41 Å². The third-order valence-electron chi connectivity index (χ3n) is 6.97. The topological polar surface area (TPSA) is 47.0 Å². The van der Waals surface area contributed by atoms with E-state index in [1.165, 1.54) is 71.1 Å². The van der Waals surface area contributed by atoms with Crippen LogP contribution in [-0.2, 0) is 0 Å². The van der Waals surface area contributed by atoms with Gasteiger partial charge in [0.25, 0.3) is 0 Å². The van der Waals surface area contributed by atoms with E-state index < -0.39 is 6.09 Å². The lowest BCUT2D eigenvalue weighted by Gasteiger charge is -2.52. The standard InChI is InChI=1S/C18H31N3O2/c22-17(23)21-11-6-18(14-21)12-16(13-18)20-9-4-15(5-10-20)19-7-2-1-3-8-19/h15-16H,1-14H2,(H,22,23). The molecular weight excluding hydrogens is 290 g/mol. The molecule has 0 aromatic heterocycles. The Morgan fingerprint density at radius 2 is 1.52 bits per heavy atom. The van der Waals surface area contributed by atoms with E-state index in [4.69, 9.17) is 5.11 Å². The quantitative estimate of drug-likeness (QED) is 0.849. The first kappa shape index (κ1) is 15.7. The van der Waals surface area contributed by atoms with Gasteiger partial charge in [-0.1, -0.05) is 6.42 Å². The first-order chi connectivity index (χ1) is 11.2. The van der Waals surface area contributed by atoms with E-state index in [1.807, 2.05) is 0 Å². The van der Waals surface area contributed by atoms with Gasteiger partial charge in [0.15, 0.2) is 0 Å². The van der Waals surface area contributed by atoms with Crippen LogP contribution in [0.5, 0.6) is 0 Å². The van der Waals surface area contributed by atoms with Crippen LogP contribution in [0.4, 0.5) is 4.79 Å². The van der Waals surface area contributed by atoms with Crippen LogP contribution in [-0.4, -0.2) is 77.3 Å². The Morgan fingerprint density at radius 1 is 0.870 bits per heavy atom. The molecule has 0 aromatic rings. The molecule has 1 aliphatic carbocycles. The van der Waals surface area contributed by atoms with Gasteiger partial charge in [-0.25, -0.2) is 4.79 Å². The number of nitrogens with zero attached hydrogens (tertiary/aromatic N) is 3. The summed E-state index contributed by atoms with van der Waals surface area (Å²) < 4.78 is 0. The molecule has 5 heteroatoms. The Balaban J connectivity index is 1.23. The molecule has 0 unspecified atom stereocenters. The van der Waals surface area contributed by atoms with Gasteiger partial charge in [0.05, 0.1) is 0 Å². The van der Waals surface area contributed by atoms with Gasteiger partial charge in [0.1, 0.15) is 0 Å². The smallest absolute Gasteiger partial charge is 0.407 e. The van der Waals surface area contributed by atoms with Crippen LogP contribution in [0.2, 0.25) is 0 Å². The highest BCUT2D eigenvalue weighted by atomic mass is 16.4. The van der Waals surface area contributed by atoms with Gasteiger partial charge in [0, 0.05) is 25.2 Å². The normalized spacial score (nSPS) is 37.2. The third kappa shape index (κ3) is 3.10. The highest BCUT2D eigenvalue weighted by Crippen LogP contribution is 2.50. The molecule has 3 heterocycles. The Kier molecular flexibility index (Phi) is 4.26. The molecule has 1 N–H and O–H groups in total. The lowest BCUT2D eigenvalue weighted by atomic mass is 9.64. The zero-order chi connectivity index (χ0) is 15.9. The molecule has 0 bridgehead atoms. The number of piperidine rings is 2. The lowest BCUT2D eigenvalue weighted by Crippen LogP contribution is -2.56. The van der Waals surface area contributed by atoms with Gasteiger partial charge in [-0.3, -0.25) is 0 Å². The third-order valence-corrected chi connectivity index (χ3v) is 6.97. The van der Waals surface area contributed by atoms with Gasteiger partial charge < -0.3 is 19.8 Å². The van der Waals surface area contributed by atoms with Crippen LogP contribution in [0.25, 0.3) is 0 Å². The predicted octanol–water partition coefficient (Wildman–Crippen LogP) is 2.47. The molecule has 3 saturated heterocycles. The van der Waals surface area contributed by atoms with E-state index in [0.29, 0.717) is 5.41 Å². The van der Waals surface area contributed by atoms with E-state index in [0.717, 1.165) is 31.6 Å². The van der Waals surface area contributed by atoms with Crippen molar-refractivity contribution >= 4 is 6.09 Å². The van der Waals surface area contributed by atoms with E-state index >= 15 is 0 Å². The minimum atomic E-state index is -0.729. The van der Waals surface area contributed by atoms with Gasteiger partial charge in [-0.15, -0.1) is 0 Å². The van der Waals surface area contributed by atoms with Crippen molar-refractivity contribution in [1.29, 1.82) is 0 Å². The van der Waals surface area contributed by atoms with Crippen molar-refractivity contribution in [3.63, 3.8) is 0 Å². The summed E-state index contributed by atoms with van der Waals surface area (Å²) in [5.41, 5.74) is 0.326. The highest BCUT2D eigenvalue weighted by molar-refractivity contribution is 5.65. The summed E-state index contributed by atoms with van der Waals surface area (Å²) in [6.07, 6.45) is 9.70. The number of hydrogen-bond donors (Lipinski definition) is 1. The minimum Gasteiger partial charge on any atom is -0.465 e. The van der Waals surface area contributed by atoms with Crippen molar-refractivity contribution < 1.29 is 9.90 Å². The van der Waals surface area contributed by atoms with E-state index in [9.17, 15) is 4.79 Å². The fourth-order valence-corrected chi connectivity index (χ4v) is 5.53. The summed E-state index contributed by atoms with van der Waals surface area (Å²) in [6, 6.07) is 1.56. The molecule has 23 heavy (non-hydrogen) atoms. The van der Waals surface area contributed by atoms with Crippen LogP contribution in [0.1, 0.15) is 51.4 Å². The number of carbonyl (C=O) groups is 1. The predicted molar refractivity (Wildman–Crippen MR) is 89.7 cm³/mol. The van der Waals surface area contributed by atoms with Crippen LogP contribution in [0.15, 0.2) is 0 Å². The maximum absolute atomic E-state index is 11.1. The number of amides is 1. The second kappa shape index (κ2) is 6.25. The summed E-state index contributed by atoms with van der Waals surface area (Å²) in [7, 11) is 0. The molecule has 1 amide bonds. The monoisotopic (exact) mass is 321 g/mol. The highest BCUT2D eigenvalue weighted by Gasteiger charge is 2.51. The molecule has 0 atom stereocenters. The maximum atomic E-state index is 11.1. The van der Waals surface area contributed by atoms with Crippen molar-refractivity contribution in [2.45, 2.75) is 63.5 Å². The molecule has 4 rings (SSSR count). The second-order valence-corrected chi connectivity index (χ2v) is 8.38. The first-order valence-corrected chi connectivity index (χ1v) is 9.61. The largest absolute Gasteiger partial charge is 0.465 e. The Morgan fingerprint density at radius 3 is 2.13 bits per heavy atom. The van der Waals surface area contributed by atoms with E-state index in [-0.39, 0.29) is 0 Å². The number of carboxylic acid groups (broad SMARTS) is 1. The minimum absolute atomic E-state index is 0.326. The molecule has 3 aliphatic heterocycles. The average Bonchev–Trinajstić information content (AvgIpc) is 3.00. The van der Waals surface area contributed by atoms with Gasteiger partial charge >= 0.3 is 6.09 Å². The molecule has 1 saturated carbocycles. The van der Waals surface area contributed by atoms with Gasteiger partial charge in [-0.05, 0) is 76.5 Å². The van der Waals surface area contributed by atoms with Gasteiger partial charge in [-0.2, -0.15) is 0 Å². The van der Waals surface area contributed by atoms with Crippen molar-refractivity contribution in [3.8, 4) is 0 Å². The maximum Gasteiger partial charge on any atom is 0.407 e. The molecule has 4 fully saturated rings. The molecule has 0 radical (unpaired) electrons. The molecule has 5 nitrogen and oxygen atoms in total. The van der Waals surface area contributed by atoms with Crippen LogP contribution < -0.4 is 0 Å². The fraction of sp³-hybridized carbons (Fsp3) is 0.944. The molecule has 1 spiro atoms. The van der Waals surface area contributed by atoms with Crippen molar-refractivity contribution in [3.05, 3.63) is 0 Å². The molecular formula is C18H31N3O2. The number of likely N-dealkylation sites (tertiary alicyclic amines) is 3. The van der Waals surface area contributed by atoms with Crippen LogP contribution in [0.3, 0.4) is 0 Å². The van der Waals surface area contributed by atoms with E-state index in [1.54, 1.807) is 4.90 Å².